The Morgan fingerprint density at radius 3 is 2.38 bits per heavy atom. The van der Waals surface area contributed by atoms with Crippen molar-refractivity contribution in [2.24, 2.45) is 0 Å². The van der Waals surface area contributed by atoms with Crippen LogP contribution in [-0.2, 0) is 10.2 Å². The van der Waals surface area contributed by atoms with Gasteiger partial charge in [0, 0.05) is 5.69 Å². The molecule has 2 fully saturated rings. The first-order chi connectivity index (χ1) is 11.0. The van der Waals surface area contributed by atoms with Gasteiger partial charge in [0.05, 0.1) is 5.41 Å². The number of fused-ring (bicyclic) bond motifs is 2. The second kappa shape index (κ2) is 4.49. The maximum absolute atomic E-state index is 12.8. The molecule has 1 heterocycles. The molecule has 1 aromatic rings. The van der Waals surface area contributed by atoms with E-state index in [1.54, 1.807) is 6.07 Å². The Morgan fingerprint density at radius 2 is 1.88 bits per heavy atom. The highest BCUT2D eigenvalue weighted by atomic mass is 19.4. The maximum atomic E-state index is 12.8. The Bertz CT molecular complexity index is 724. The van der Waals surface area contributed by atoms with Gasteiger partial charge in [-0.05, 0) is 36.0 Å². The third-order valence-electron chi connectivity index (χ3n) is 5.32. The van der Waals surface area contributed by atoms with Crippen LogP contribution in [0.3, 0.4) is 0 Å². The van der Waals surface area contributed by atoms with Crippen LogP contribution in [0.4, 0.5) is 31.8 Å². The molecule has 130 valence electrons. The molecular weight excluding hydrogens is 335 g/mol. The summed E-state index contributed by atoms with van der Waals surface area (Å²) in [5, 5.41) is 0. The van der Waals surface area contributed by atoms with E-state index >= 15 is 0 Å². The van der Waals surface area contributed by atoms with E-state index < -0.39 is 42.8 Å². The molecular formula is C15H13BF6NO-. The van der Waals surface area contributed by atoms with Gasteiger partial charge in [-0.1, -0.05) is 24.4 Å². The third kappa shape index (κ3) is 2.31. The molecule has 1 amide bonds. The van der Waals surface area contributed by atoms with Gasteiger partial charge in [-0.15, -0.1) is 0 Å². The summed E-state index contributed by atoms with van der Waals surface area (Å²) < 4.78 is 76.8. The van der Waals surface area contributed by atoms with Gasteiger partial charge in [0.2, 0.25) is 5.91 Å². The zero-order valence-corrected chi connectivity index (χ0v) is 12.4. The number of anilines is 1. The van der Waals surface area contributed by atoms with Gasteiger partial charge in [0.15, 0.2) is 0 Å². The number of hydrogen-bond acceptors (Lipinski definition) is 1. The fourth-order valence-corrected chi connectivity index (χ4v) is 3.85. The van der Waals surface area contributed by atoms with Crippen molar-refractivity contribution in [2.75, 3.05) is 11.4 Å². The average Bonchev–Trinajstić information content (AvgIpc) is 3.33. The molecule has 0 unspecified atom stereocenters. The number of hydrogen-bond donors (Lipinski definition) is 0. The zero-order chi connectivity index (χ0) is 17.5. The van der Waals surface area contributed by atoms with Crippen LogP contribution in [0.5, 0.6) is 0 Å². The Kier molecular flexibility index (Phi) is 2.96. The number of carbonyl (C=O) groups is 1. The van der Waals surface area contributed by atoms with Crippen LogP contribution in [0.15, 0.2) is 18.2 Å². The molecule has 1 aliphatic heterocycles. The summed E-state index contributed by atoms with van der Waals surface area (Å²) in [5.74, 6) is -2.67. The lowest BCUT2D eigenvalue weighted by Crippen LogP contribution is -2.39. The van der Waals surface area contributed by atoms with Crippen molar-refractivity contribution in [3.8, 4) is 0 Å². The maximum Gasteiger partial charge on any atom is 0.481 e. The van der Waals surface area contributed by atoms with Crippen LogP contribution in [-0.4, -0.2) is 25.6 Å². The van der Waals surface area contributed by atoms with E-state index in [1.165, 1.54) is 12.1 Å². The van der Waals surface area contributed by atoms with Gasteiger partial charge in [0.25, 0.3) is 0 Å². The second-order valence-corrected chi connectivity index (χ2v) is 7.00. The van der Waals surface area contributed by atoms with Gasteiger partial charge < -0.3 is 17.8 Å². The summed E-state index contributed by atoms with van der Waals surface area (Å²) in [6, 6.07) is 4.44. The van der Waals surface area contributed by atoms with Crippen molar-refractivity contribution in [3.05, 3.63) is 29.3 Å². The van der Waals surface area contributed by atoms with Gasteiger partial charge in [-0.25, -0.2) is 0 Å². The lowest BCUT2D eigenvalue weighted by molar-refractivity contribution is -0.132. The number of carbonyl (C=O) groups excluding carboxylic acids is 1. The first kappa shape index (κ1) is 15.8. The van der Waals surface area contributed by atoms with E-state index in [1.807, 2.05) is 0 Å². The molecule has 1 spiro atoms. The summed E-state index contributed by atoms with van der Waals surface area (Å²) in [6.07, 6.45) is -3.60. The molecule has 3 aliphatic rings. The SMILES string of the molecule is O=C1N(CC(F)(F)F)c2cc([C@H]3C[C@@H]3[B-](F)(F)F)ccc2C12CC2. The summed E-state index contributed by atoms with van der Waals surface area (Å²) >= 11 is 0. The van der Waals surface area contributed by atoms with Crippen LogP contribution in [0, 0.1) is 0 Å². The van der Waals surface area contributed by atoms with E-state index in [2.05, 4.69) is 0 Å². The normalized spacial score (nSPS) is 27.6. The van der Waals surface area contributed by atoms with Gasteiger partial charge >= 0.3 is 13.2 Å². The highest BCUT2D eigenvalue weighted by molar-refractivity contribution is 6.61. The van der Waals surface area contributed by atoms with E-state index in [-0.39, 0.29) is 12.1 Å². The molecule has 2 aliphatic carbocycles. The van der Waals surface area contributed by atoms with Gasteiger partial charge in [0.1, 0.15) is 6.54 Å². The topological polar surface area (TPSA) is 20.3 Å². The van der Waals surface area contributed by atoms with Crippen LogP contribution in [0.25, 0.3) is 0 Å². The predicted octanol–water partition coefficient (Wildman–Crippen LogP) is 4.33. The van der Waals surface area contributed by atoms with E-state index in [9.17, 15) is 30.9 Å². The summed E-state index contributed by atoms with van der Waals surface area (Å²) in [5.41, 5.74) is 0.147. The average molecular weight is 348 g/mol. The van der Waals surface area contributed by atoms with Crippen LogP contribution in [0.1, 0.15) is 36.3 Å². The predicted molar refractivity (Wildman–Crippen MR) is 75.9 cm³/mol. The molecule has 0 radical (unpaired) electrons. The smallest absolute Gasteiger partial charge is 0.449 e. The summed E-state index contributed by atoms with van der Waals surface area (Å²) in [6.45, 7) is -6.35. The van der Waals surface area contributed by atoms with Crippen LogP contribution >= 0.6 is 0 Å². The minimum atomic E-state index is -4.95. The van der Waals surface area contributed by atoms with E-state index in [0.29, 0.717) is 28.9 Å². The van der Waals surface area contributed by atoms with Crippen molar-refractivity contribution < 1.29 is 30.9 Å². The van der Waals surface area contributed by atoms with Gasteiger partial charge in [-0.2, -0.15) is 13.2 Å². The van der Waals surface area contributed by atoms with Crippen molar-refractivity contribution in [3.63, 3.8) is 0 Å². The van der Waals surface area contributed by atoms with E-state index in [0.717, 1.165) is 0 Å². The Hall–Kier alpha value is -1.67. The Balaban J connectivity index is 1.69. The fraction of sp³-hybridized carbons (Fsp3) is 0.533. The number of benzene rings is 1. The number of rotatable bonds is 3. The quantitative estimate of drug-likeness (QED) is 0.588. The molecule has 9 heteroatoms. The molecule has 1 aromatic carbocycles. The van der Waals surface area contributed by atoms with Crippen molar-refractivity contribution >= 4 is 18.6 Å². The molecule has 0 aromatic heterocycles. The highest BCUT2D eigenvalue weighted by Gasteiger charge is 2.60. The highest BCUT2D eigenvalue weighted by Crippen LogP contribution is 2.62. The van der Waals surface area contributed by atoms with Crippen molar-refractivity contribution in [2.45, 2.75) is 42.6 Å². The first-order valence-electron chi connectivity index (χ1n) is 7.76. The van der Waals surface area contributed by atoms with Crippen molar-refractivity contribution in [1.29, 1.82) is 0 Å². The van der Waals surface area contributed by atoms with Crippen LogP contribution < -0.4 is 4.90 Å². The van der Waals surface area contributed by atoms with Crippen molar-refractivity contribution in [1.82, 2.24) is 0 Å². The second-order valence-electron chi connectivity index (χ2n) is 7.00. The van der Waals surface area contributed by atoms with E-state index in [4.69, 9.17) is 0 Å². The lowest BCUT2D eigenvalue weighted by atomic mass is 9.80. The number of nitrogens with zero attached hydrogens (tertiary/aromatic N) is 1. The molecule has 2 nitrogen and oxygen atoms in total. The number of halogens is 6. The molecule has 2 atom stereocenters. The summed E-state index contributed by atoms with van der Waals surface area (Å²) in [4.78, 5) is 13.1. The lowest BCUT2D eigenvalue weighted by Gasteiger charge is -2.20. The summed E-state index contributed by atoms with van der Waals surface area (Å²) in [7, 11) is 0. The standard InChI is InChI=1S/C15H13BF6NO/c17-15(18,19)7-23-12-5-8(9-6-11(9)16(20,21)22)1-2-10(12)14(3-4-14)13(23)24/h1-2,5,9,11H,3-4,6-7H2/q-1/t9-,11+/m1/s1. The molecule has 2 saturated carbocycles. The molecule has 0 saturated heterocycles. The fourth-order valence-electron chi connectivity index (χ4n) is 3.85. The third-order valence-corrected chi connectivity index (χ3v) is 5.32. The minimum absolute atomic E-state index is 0.0271. The van der Waals surface area contributed by atoms with Gasteiger partial charge in [-0.3, -0.25) is 4.79 Å². The Morgan fingerprint density at radius 1 is 1.21 bits per heavy atom. The minimum Gasteiger partial charge on any atom is -0.449 e. The molecule has 24 heavy (non-hydrogen) atoms. The number of amides is 1. The zero-order valence-electron chi connectivity index (χ0n) is 12.4. The molecule has 0 bridgehead atoms. The molecule has 4 rings (SSSR count). The first-order valence-corrected chi connectivity index (χ1v) is 7.76. The van der Waals surface area contributed by atoms with Crippen LogP contribution in [0.2, 0.25) is 5.82 Å². The Labute approximate surface area is 133 Å². The molecule has 0 N–H and O–H groups in total. The number of alkyl halides is 3. The monoisotopic (exact) mass is 348 g/mol. The largest absolute Gasteiger partial charge is 0.481 e.